The van der Waals surface area contributed by atoms with Crippen LogP contribution in [-0.4, -0.2) is 26.1 Å². The Labute approximate surface area is 105 Å². The van der Waals surface area contributed by atoms with Gasteiger partial charge < -0.3 is 5.11 Å². The average molecular weight is 247 g/mol. The van der Waals surface area contributed by atoms with Crippen molar-refractivity contribution in [3.8, 4) is 0 Å². The van der Waals surface area contributed by atoms with Crippen LogP contribution in [0.3, 0.4) is 0 Å². The maximum absolute atomic E-state index is 11.1. The Bertz CT molecular complexity index is 587. The highest BCUT2D eigenvalue weighted by Gasteiger charge is 2.24. The number of aromatic nitrogens is 3. The minimum atomic E-state index is -0.971. The second-order valence-electron chi connectivity index (χ2n) is 5.04. The molecule has 0 aliphatic rings. The number of aromatic carboxylic acids is 1. The largest absolute Gasteiger partial charge is 0.478 e. The maximum Gasteiger partial charge on any atom is 0.338 e. The van der Waals surface area contributed by atoms with E-state index >= 15 is 0 Å². The topological polar surface area (TPSA) is 68.0 Å². The number of benzene rings is 1. The SMILES string of the molecule is CCCC(C)(C)n1nnc2c(C(=O)O)cccc21. The molecule has 0 saturated carbocycles. The minimum Gasteiger partial charge on any atom is -0.478 e. The van der Waals surface area contributed by atoms with Crippen LogP contribution in [0.2, 0.25) is 0 Å². The molecule has 5 heteroatoms. The van der Waals surface area contributed by atoms with Gasteiger partial charge in [0, 0.05) is 0 Å². The fourth-order valence-corrected chi connectivity index (χ4v) is 2.28. The molecule has 1 aromatic heterocycles. The number of carbonyl (C=O) groups is 1. The normalized spacial score (nSPS) is 11.9. The fraction of sp³-hybridized carbons (Fsp3) is 0.462. The Morgan fingerprint density at radius 3 is 2.78 bits per heavy atom. The number of hydrogen-bond donors (Lipinski definition) is 1. The summed E-state index contributed by atoms with van der Waals surface area (Å²) in [6.07, 6.45) is 2.00. The highest BCUT2D eigenvalue weighted by atomic mass is 16.4. The summed E-state index contributed by atoms with van der Waals surface area (Å²) < 4.78 is 1.82. The zero-order valence-corrected chi connectivity index (χ0v) is 10.8. The molecule has 0 aliphatic carbocycles. The Hall–Kier alpha value is -1.91. The first-order valence-electron chi connectivity index (χ1n) is 6.05. The highest BCUT2D eigenvalue weighted by molar-refractivity contribution is 6.00. The summed E-state index contributed by atoms with van der Waals surface area (Å²) in [6, 6.07) is 5.14. The van der Waals surface area contributed by atoms with E-state index < -0.39 is 5.97 Å². The van der Waals surface area contributed by atoms with Crippen LogP contribution in [0.25, 0.3) is 11.0 Å². The Balaban J connectivity index is 2.62. The van der Waals surface area contributed by atoms with Crippen LogP contribution in [0.4, 0.5) is 0 Å². The lowest BCUT2D eigenvalue weighted by molar-refractivity contribution is 0.0699. The van der Waals surface area contributed by atoms with Crippen LogP contribution in [0.15, 0.2) is 18.2 Å². The molecular formula is C13H17N3O2. The zero-order valence-electron chi connectivity index (χ0n) is 10.8. The molecule has 0 spiro atoms. The van der Waals surface area contributed by atoms with Gasteiger partial charge in [0.2, 0.25) is 0 Å². The first-order valence-corrected chi connectivity index (χ1v) is 6.05. The Kier molecular flexibility index (Phi) is 3.07. The van der Waals surface area contributed by atoms with Crippen molar-refractivity contribution in [2.45, 2.75) is 39.2 Å². The molecule has 0 aliphatic heterocycles. The van der Waals surface area contributed by atoms with Gasteiger partial charge in [0.1, 0.15) is 5.52 Å². The van der Waals surface area contributed by atoms with E-state index in [0.717, 1.165) is 18.4 Å². The van der Waals surface area contributed by atoms with Crippen molar-refractivity contribution in [1.29, 1.82) is 0 Å². The van der Waals surface area contributed by atoms with Gasteiger partial charge in [0.25, 0.3) is 0 Å². The molecule has 0 atom stereocenters. The van der Waals surface area contributed by atoms with E-state index in [1.165, 1.54) is 0 Å². The van der Waals surface area contributed by atoms with Crippen molar-refractivity contribution in [2.24, 2.45) is 0 Å². The van der Waals surface area contributed by atoms with Gasteiger partial charge in [-0.2, -0.15) is 0 Å². The number of carboxylic acid groups (broad SMARTS) is 1. The van der Waals surface area contributed by atoms with Crippen molar-refractivity contribution >= 4 is 17.0 Å². The Morgan fingerprint density at radius 2 is 2.17 bits per heavy atom. The standard InChI is InChI=1S/C13H17N3O2/c1-4-8-13(2,3)16-10-7-5-6-9(12(17)18)11(10)14-15-16/h5-7H,4,8H2,1-3H3,(H,17,18). The third-order valence-electron chi connectivity index (χ3n) is 3.14. The van der Waals surface area contributed by atoms with Gasteiger partial charge >= 0.3 is 5.97 Å². The smallest absolute Gasteiger partial charge is 0.338 e. The predicted molar refractivity (Wildman–Crippen MR) is 68.7 cm³/mol. The lowest BCUT2D eigenvalue weighted by atomic mass is 9.99. The first-order chi connectivity index (χ1) is 8.47. The summed E-state index contributed by atoms with van der Waals surface area (Å²) in [5, 5.41) is 17.3. The minimum absolute atomic E-state index is 0.166. The summed E-state index contributed by atoms with van der Waals surface area (Å²) in [4.78, 5) is 11.1. The van der Waals surface area contributed by atoms with E-state index in [1.54, 1.807) is 12.1 Å². The molecule has 1 N–H and O–H groups in total. The van der Waals surface area contributed by atoms with Gasteiger partial charge in [-0.1, -0.05) is 24.6 Å². The van der Waals surface area contributed by atoms with Gasteiger partial charge in [-0.15, -0.1) is 5.10 Å². The second kappa shape index (κ2) is 4.40. The maximum atomic E-state index is 11.1. The van der Waals surface area contributed by atoms with E-state index in [2.05, 4.69) is 31.1 Å². The predicted octanol–water partition coefficient (Wildman–Crippen LogP) is 2.66. The molecule has 96 valence electrons. The van der Waals surface area contributed by atoms with Gasteiger partial charge in [-0.3, -0.25) is 0 Å². The number of hydrogen-bond acceptors (Lipinski definition) is 3. The summed E-state index contributed by atoms with van der Waals surface area (Å²) in [5.41, 5.74) is 1.26. The van der Waals surface area contributed by atoms with Crippen molar-refractivity contribution in [1.82, 2.24) is 15.0 Å². The van der Waals surface area contributed by atoms with Crippen LogP contribution in [0.5, 0.6) is 0 Å². The summed E-state index contributed by atoms with van der Waals surface area (Å²) in [5.74, 6) is -0.971. The zero-order chi connectivity index (χ0) is 13.3. The second-order valence-corrected chi connectivity index (χ2v) is 5.04. The molecule has 2 aromatic rings. The molecule has 0 unspecified atom stereocenters. The lowest BCUT2D eigenvalue weighted by Crippen LogP contribution is -2.27. The van der Waals surface area contributed by atoms with Crippen LogP contribution in [0.1, 0.15) is 44.0 Å². The molecule has 2 rings (SSSR count). The van der Waals surface area contributed by atoms with Crippen molar-refractivity contribution in [2.75, 3.05) is 0 Å². The number of rotatable bonds is 4. The molecule has 1 aromatic carbocycles. The Morgan fingerprint density at radius 1 is 1.44 bits per heavy atom. The van der Waals surface area contributed by atoms with E-state index in [1.807, 2.05) is 10.7 Å². The average Bonchev–Trinajstić information content (AvgIpc) is 2.72. The van der Waals surface area contributed by atoms with E-state index in [4.69, 9.17) is 5.11 Å². The van der Waals surface area contributed by atoms with Crippen LogP contribution < -0.4 is 0 Å². The monoisotopic (exact) mass is 247 g/mol. The molecule has 0 amide bonds. The number of nitrogens with zero attached hydrogens (tertiary/aromatic N) is 3. The highest BCUT2D eigenvalue weighted by Crippen LogP contribution is 2.26. The molecule has 0 fully saturated rings. The fourth-order valence-electron chi connectivity index (χ4n) is 2.28. The van der Waals surface area contributed by atoms with Gasteiger partial charge in [0.15, 0.2) is 0 Å². The van der Waals surface area contributed by atoms with Crippen LogP contribution in [-0.2, 0) is 5.54 Å². The van der Waals surface area contributed by atoms with Crippen molar-refractivity contribution in [3.63, 3.8) is 0 Å². The van der Waals surface area contributed by atoms with Gasteiger partial charge in [-0.05, 0) is 32.4 Å². The number of fused-ring (bicyclic) bond motifs is 1. The van der Waals surface area contributed by atoms with Crippen molar-refractivity contribution in [3.05, 3.63) is 23.8 Å². The summed E-state index contributed by atoms with van der Waals surface area (Å²) in [6.45, 7) is 6.28. The molecule has 18 heavy (non-hydrogen) atoms. The third-order valence-corrected chi connectivity index (χ3v) is 3.14. The molecule has 0 radical (unpaired) electrons. The van der Waals surface area contributed by atoms with Crippen molar-refractivity contribution < 1.29 is 9.90 Å². The molecule has 0 saturated heterocycles. The quantitative estimate of drug-likeness (QED) is 0.901. The lowest BCUT2D eigenvalue weighted by Gasteiger charge is -2.24. The van der Waals surface area contributed by atoms with Gasteiger partial charge in [0.05, 0.1) is 16.6 Å². The molecule has 1 heterocycles. The molecular weight excluding hydrogens is 230 g/mol. The first kappa shape index (κ1) is 12.5. The summed E-state index contributed by atoms with van der Waals surface area (Å²) >= 11 is 0. The number of carboxylic acids is 1. The third kappa shape index (κ3) is 1.96. The molecule has 5 nitrogen and oxygen atoms in total. The van der Waals surface area contributed by atoms with E-state index in [9.17, 15) is 4.79 Å². The van der Waals surface area contributed by atoms with Gasteiger partial charge in [-0.25, -0.2) is 9.48 Å². The summed E-state index contributed by atoms with van der Waals surface area (Å²) in [7, 11) is 0. The van der Waals surface area contributed by atoms with E-state index in [0.29, 0.717) is 5.52 Å². The van der Waals surface area contributed by atoms with E-state index in [-0.39, 0.29) is 11.1 Å². The van der Waals surface area contributed by atoms with Crippen LogP contribution in [0, 0.1) is 0 Å². The van der Waals surface area contributed by atoms with Crippen LogP contribution >= 0.6 is 0 Å². The molecule has 0 bridgehead atoms.